The summed E-state index contributed by atoms with van der Waals surface area (Å²) in [6, 6.07) is 6.42. The maximum Gasteiger partial charge on any atom is 0.214 e. The maximum absolute atomic E-state index is 13.1. The molecule has 0 radical (unpaired) electrons. The molecule has 6 heteroatoms. The highest BCUT2D eigenvalue weighted by Gasteiger charge is 2.34. The number of anilines is 1. The minimum atomic E-state index is -0.231. The zero-order valence-corrected chi connectivity index (χ0v) is 13.9. The average Bonchev–Trinajstić information content (AvgIpc) is 3.27. The number of fused-ring (bicyclic) bond motifs is 2. The molecule has 0 amide bonds. The van der Waals surface area contributed by atoms with Crippen molar-refractivity contribution in [2.24, 2.45) is 11.8 Å². The third-order valence-electron chi connectivity index (χ3n) is 5.06. The van der Waals surface area contributed by atoms with Crippen LogP contribution in [0.1, 0.15) is 12.8 Å². The SMILES string of the molecule is Fc1ccc(-c2cn3nc(N4CC5CC=CCC5C4)sc3n2)cc1. The quantitative estimate of drug-likeness (QED) is 0.661. The first-order chi connectivity index (χ1) is 11.8. The van der Waals surface area contributed by atoms with E-state index in [4.69, 9.17) is 5.10 Å². The molecule has 2 aromatic heterocycles. The third-order valence-corrected chi connectivity index (χ3v) is 6.05. The van der Waals surface area contributed by atoms with Gasteiger partial charge in [0.2, 0.25) is 10.1 Å². The Labute approximate surface area is 143 Å². The number of benzene rings is 1. The summed E-state index contributed by atoms with van der Waals surface area (Å²) in [6.45, 7) is 2.19. The van der Waals surface area contributed by atoms with Crippen molar-refractivity contribution in [3.05, 3.63) is 48.4 Å². The molecule has 1 saturated heterocycles. The van der Waals surface area contributed by atoms with Crippen LogP contribution in [0.2, 0.25) is 0 Å². The summed E-state index contributed by atoms with van der Waals surface area (Å²) in [5.41, 5.74) is 1.74. The maximum atomic E-state index is 13.1. The second-order valence-corrected chi connectivity index (χ2v) is 7.55. The Morgan fingerprint density at radius 3 is 2.42 bits per heavy atom. The van der Waals surface area contributed by atoms with Gasteiger partial charge in [-0.2, -0.15) is 0 Å². The van der Waals surface area contributed by atoms with E-state index in [-0.39, 0.29) is 5.82 Å². The molecule has 2 aliphatic rings. The number of aromatic nitrogens is 3. The van der Waals surface area contributed by atoms with Crippen molar-refractivity contribution in [3.63, 3.8) is 0 Å². The fourth-order valence-corrected chi connectivity index (χ4v) is 4.65. The molecule has 5 rings (SSSR count). The summed E-state index contributed by atoms with van der Waals surface area (Å²) in [4.78, 5) is 7.94. The van der Waals surface area contributed by atoms with Crippen LogP contribution in [0.3, 0.4) is 0 Å². The Bertz CT molecular complexity index is 863. The van der Waals surface area contributed by atoms with Crippen molar-refractivity contribution in [2.45, 2.75) is 12.8 Å². The Hall–Kier alpha value is -2.21. The summed E-state index contributed by atoms with van der Waals surface area (Å²) >= 11 is 1.63. The number of hydrogen-bond donors (Lipinski definition) is 0. The van der Waals surface area contributed by atoms with E-state index in [0.717, 1.165) is 46.3 Å². The van der Waals surface area contributed by atoms with E-state index in [1.807, 2.05) is 10.7 Å². The highest BCUT2D eigenvalue weighted by atomic mass is 32.1. The van der Waals surface area contributed by atoms with E-state index in [2.05, 4.69) is 22.0 Å². The van der Waals surface area contributed by atoms with Crippen molar-refractivity contribution >= 4 is 21.4 Å². The van der Waals surface area contributed by atoms with Crippen molar-refractivity contribution in [1.82, 2.24) is 14.6 Å². The molecule has 1 aromatic carbocycles. The Kier molecular flexibility index (Phi) is 3.19. The smallest absolute Gasteiger partial charge is 0.214 e. The largest absolute Gasteiger partial charge is 0.346 e. The molecule has 24 heavy (non-hydrogen) atoms. The summed E-state index contributed by atoms with van der Waals surface area (Å²) < 4.78 is 14.9. The molecule has 3 heterocycles. The molecular weight excluding hydrogens is 323 g/mol. The Balaban J connectivity index is 1.41. The van der Waals surface area contributed by atoms with Gasteiger partial charge < -0.3 is 4.90 Å². The Morgan fingerprint density at radius 1 is 1.04 bits per heavy atom. The fraction of sp³-hybridized carbons (Fsp3) is 0.333. The molecule has 1 fully saturated rings. The number of allylic oxidation sites excluding steroid dienone is 2. The predicted octanol–water partition coefficient (Wildman–Crippen LogP) is 4.00. The molecule has 4 nitrogen and oxygen atoms in total. The molecule has 0 N–H and O–H groups in total. The lowest BCUT2D eigenvalue weighted by atomic mass is 9.86. The van der Waals surface area contributed by atoms with Gasteiger partial charge >= 0.3 is 0 Å². The van der Waals surface area contributed by atoms with Crippen LogP contribution in [0, 0.1) is 17.7 Å². The van der Waals surface area contributed by atoms with E-state index in [0.29, 0.717) is 0 Å². The van der Waals surface area contributed by atoms with Crippen LogP contribution in [0.4, 0.5) is 9.52 Å². The van der Waals surface area contributed by atoms with Gasteiger partial charge in [0, 0.05) is 18.7 Å². The lowest BCUT2D eigenvalue weighted by Crippen LogP contribution is -2.19. The summed E-state index contributed by atoms with van der Waals surface area (Å²) in [5.74, 6) is 1.30. The van der Waals surface area contributed by atoms with Gasteiger partial charge in [-0.25, -0.2) is 13.9 Å². The molecule has 0 bridgehead atoms. The number of hydrogen-bond acceptors (Lipinski definition) is 4. The van der Waals surface area contributed by atoms with Crippen LogP contribution in [-0.4, -0.2) is 27.7 Å². The topological polar surface area (TPSA) is 33.4 Å². The summed E-state index contributed by atoms with van der Waals surface area (Å²) in [6.07, 6.45) is 8.94. The molecule has 0 spiro atoms. The monoisotopic (exact) mass is 340 g/mol. The van der Waals surface area contributed by atoms with Crippen LogP contribution >= 0.6 is 11.3 Å². The van der Waals surface area contributed by atoms with Crippen molar-refractivity contribution < 1.29 is 4.39 Å². The van der Waals surface area contributed by atoms with Gasteiger partial charge in [0.1, 0.15) is 5.82 Å². The lowest BCUT2D eigenvalue weighted by Gasteiger charge is -2.17. The van der Waals surface area contributed by atoms with Crippen molar-refractivity contribution in [3.8, 4) is 11.3 Å². The summed E-state index contributed by atoms with van der Waals surface area (Å²) in [7, 11) is 0. The normalized spacial score (nSPS) is 23.1. The molecule has 3 aromatic rings. The minimum Gasteiger partial charge on any atom is -0.346 e. The number of rotatable bonds is 2. The molecule has 2 atom stereocenters. The van der Waals surface area contributed by atoms with Gasteiger partial charge in [0.05, 0.1) is 11.9 Å². The second-order valence-electron chi connectivity index (χ2n) is 6.61. The molecular formula is C18H17FN4S. The minimum absolute atomic E-state index is 0.231. The molecule has 1 aliphatic carbocycles. The van der Waals surface area contributed by atoms with Crippen LogP contribution in [0.25, 0.3) is 16.2 Å². The molecule has 0 saturated carbocycles. The summed E-state index contributed by atoms with van der Waals surface area (Å²) in [5, 5.41) is 5.77. The molecule has 2 unspecified atom stereocenters. The van der Waals surface area contributed by atoms with E-state index >= 15 is 0 Å². The van der Waals surface area contributed by atoms with Crippen LogP contribution in [0.5, 0.6) is 0 Å². The molecule has 122 valence electrons. The van der Waals surface area contributed by atoms with Gasteiger partial charge in [-0.1, -0.05) is 23.5 Å². The van der Waals surface area contributed by atoms with Gasteiger partial charge in [-0.3, -0.25) is 0 Å². The number of imidazole rings is 1. The van der Waals surface area contributed by atoms with Crippen LogP contribution in [0.15, 0.2) is 42.6 Å². The third kappa shape index (κ3) is 2.33. The predicted molar refractivity (Wildman–Crippen MR) is 93.8 cm³/mol. The van der Waals surface area contributed by atoms with Crippen molar-refractivity contribution in [1.29, 1.82) is 0 Å². The zero-order chi connectivity index (χ0) is 16.1. The van der Waals surface area contributed by atoms with E-state index in [1.54, 1.807) is 23.5 Å². The van der Waals surface area contributed by atoms with Gasteiger partial charge in [-0.15, -0.1) is 5.10 Å². The zero-order valence-electron chi connectivity index (χ0n) is 13.1. The van der Waals surface area contributed by atoms with Crippen molar-refractivity contribution in [2.75, 3.05) is 18.0 Å². The highest BCUT2D eigenvalue weighted by Crippen LogP contribution is 2.37. The first kappa shape index (κ1) is 14.2. The van der Waals surface area contributed by atoms with Gasteiger partial charge in [0.25, 0.3) is 0 Å². The van der Waals surface area contributed by atoms with E-state index in [1.165, 1.54) is 25.0 Å². The van der Waals surface area contributed by atoms with Crippen LogP contribution in [-0.2, 0) is 0 Å². The highest BCUT2D eigenvalue weighted by molar-refractivity contribution is 7.20. The van der Waals surface area contributed by atoms with Gasteiger partial charge in [0.15, 0.2) is 0 Å². The average molecular weight is 340 g/mol. The first-order valence-corrected chi connectivity index (χ1v) is 9.10. The van der Waals surface area contributed by atoms with E-state index in [9.17, 15) is 4.39 Å². The second kappa shape index (κ2) is 5.41. The van der Waals surface area contributed by atoms with E-state index < -0.39 is 0 Å². The van der Waals surface area contributed by atoms with Gasteiger partial charge in [-0.05, 0) is 48.9 Å². The number of halogens is 1. The van der Waals surface area contributed by atoms with Crippen LogP contribution < -0.4 is 4.90 Å². The standard InChI is InChI=1S/C18H17FN4S/c19-15-7-5-12(6-8-15)16-11-23-17(20-16)24-18(21-23)22-9-13-3-1-2-4-14(13)10-22/h1-2,5-8,11,13-14H,3-4,9-10H2. The first-order valence-electron chi connectivity index (χ1n) is 8.28. The Morgan fingerprint density at radius 2 is 1.75 bits per heavy atom. The lowest BCUT2D eigenvalue weighted by molar-refractivity contribution is 0.411. The molecule has 1 aliphatic heterocycles. The fourth-order valence-electron chi connectivity index (χ4n) is 3.75. The number of nitrogens with zero attached hydrogens (tertiary/aromatic N) is 4.